The van der Waals surface area contributed by atoms with Crippen molar-refractivity contribution in [1.82, 2.24) is 10.6 Å². The Labute approximate surface area is 126 Å². The predicted octanol–water partition coefficient (Wildman–Crippen LogP) is -0.558. The molecular formula is C14H29N3O4. The Morgan fingerprint density at radius 2 is 1.81 bits per heavy atom. The van der Waals surface area contributed by atoms with Crippen LogP contribution in [0.4, 0.5) is 0 Å². The van der Waals surface area contributed by atoms with Crippen LogP contribution in [0.15, 0.2) is 0 Å². The van der Waals surface area contributed by atoms with Crippen molar-refractivity contribution in [2.45, 2.75) is 32.2 Å². The lowest BCUT2D eigenvalue weighted by Gasteiger charge is -2.12. The summed E-state index contributed by atoms with van der Waals surface area (Å²) in [7, 11) is 1.90. The van der Waals surface area contributed by atoms with E-state index in [1.807, 2.05) is 7.05 Å². The quantitative estimate of drug-likeness (QED) is 0.372. The Morgan fingerprint density at radius 1 is 1.10 bits per heavy atom. The van der Waals surface area contributed by atoms with E-state index in [2.05, 4.69) is 10.6 Å². The molecule has 21 heavy (non-hydrogen) atoms. The highest BCUT2D eigenvalue weighted by Gasteiger charge is 2.11. The van der Waals surface area contributed by atoms with Gasteiger partial charge in [0.1, 0.15) is 6.61 Å². The second-order valence-electron chi connectivity index (χ2n) is 4.86. The first kappa shape index (κ1) is 20.0. The standard InChI is InChI=1S/C14H29N3O4/c1-12(18)11-21-10-9-20-8-7-17-14(19)13(15)5-3-4-6-16-2/h13,16H,3-11,15H2,1-2H3,(H,17,19)/t13-/m0/s1. The molecular weight excluding hydrogens is 274 g/mol. The zero-order valence-corrected chi connectivity index (χ0v) is 13.2. The summed E-state index contributed by atoms with van der Waals surface area (Å²) in [6, 6.07) is -0.458. The van der Waals surface area contributed by atoms with Crippen LogP contribution < -0.4 is 16.4 Å². The SMILES string of the molecule is CNCCCC[C@H](N)C(=O)NCCOCCOCC(C)=O. The van der Waals surface area contributed by atoms with E-state index in [0.29, 0.717) is 32.8 Å². The lowest BCUT2D eigenvalue weighted by molar-refractivity contribution is -0.123. The van der Waals surface area contributed by atoms with Crippen molar-refractivity contribution in [3.05, 3.63) is 0 Å². The Balaban J connectivity index is 3.37. The van der Waals surface area contributed by atoms with E-state index in [4.69, 9.17) is 15.2 Å². The maximum atomic E-state index is 11.6. The molecule has 0 aromatic rings. The number of hydrogen-bond donors (Lipinski definition) is 3. The molecule has 1 atom stereocenters. The van der Waals surface area contributed by atoms with Crippen LogP contribution in [0.2, 0.25) is 0 Å². The molecule has 124 valence electrons. The molecule has 7 nitrogen and oxygen atoms in total. The predicted molar refractivity (Wildman–Crippen MR) is 81.1 cm³/mol. The molecule has 0 saturated heterocycles. The number of carbonyl (C=O) groups excluding carboxylic acids is 2. The van der Waals surface area contributed by atoms with Crippen LogP contribution in [0.3, 0.4) is 0 Å². The molecule has 0 saturated carbocycles. The molecule has 0 aliphatic heterocycles. The molecule has 0 unspecified atom stereocenters. The molecule has 0 spiro atoms. The summed E-state index contributed by atoms with van der Waals surface area (Å²) < 4.78 is 10.3. The molecule has 0 radical (unpaired) electrons. The summed E-state index contributed by atoms with van der Waals surface area (Å²) in [5.41, 5.74) is 5.78. The molecule has 0 rings (SSSR count). The van der Waals surface area contributed by atoms with Gasteiger partial charge in [0.2, 0.25) is 5.91 Å². The third kappa shape index (κ3) is 13.7. The second kappa shape index (κ2) is 13.9. The summed E-state index contributed by atoms with van der Waals surface area (Å²) in [6.45, 7) is 4.13. The monoisotopic (exact) mass is 303 g/mol. The summed E-state index contributed by atoms with van der Waals surface area (Å²) in [6.07, 6.45) is 2.63. The first-order valence-corrected chi connectivity index (χ1v) is 7.40. The topological polar surface area (TPSA) is 103 Å². The fourth-order valence-corrected chi connectivity index (χ4v) is 1.61. The van der Waals surface area contributed by atoms with Crippen molar-refractivity contribution >= 4 is 11.7 Å². The highest BCUT2D eigenvalue weighted by Crippen LogP contribution is 1.98. The number of nitrogens with one attached hydrogen (secondary N) is 2. The van der Waals surface area contributed by atoms with Gasteiger partial charge in [0.15, 0.2) is 5.78 Å². The molecule has 0 aliphatic rings. The van der Waals surface area contributed by atoms with Gasteiger partial charge in [-0.2, -0.15) is 0 Å². The van der Waals surface area contributed by atoms with E-state index >= 15 is 0 Å². The van der Waals surface area contributed by atoms with E-state index < -0.39 is 6.04 Å². The lowest BCUT2D eigenvalue weighted by Crippen LogP contribution is -2.41. The molecule has 0 fully saturated rings. The van der Waals surface area contributed by atoms with Crippen molar-refractivity contribution in [3.63, 3.8) is 0 Å². The average molecular weight is 303 g/mol. The summed E-state index contributed by atoms with van der Waals surface area (Å²) in [5.74, 6) is -0.151. The van der Waals surface area contributed by atoms with Gasteiger partial charge >= 0.3 is 0 Å². The van der Waals surface area contributed by atoms with Crippen LogP contribution in [0.1, 0.15) is 26.2 Å². The summed E-state index contributed by atoms with van der Waals surface area (Å²) in [4.78, 5) is 22.2. The molecule has 0 aliphatic carbocycles. The van der Waals surface area contributed by atoms with Gasteiger partial charge in [0.25, 0.3) is 0 Å². The van der Waals surface area contributed by atoms with Gasteiger partial charge in [-0.25, -0.2) is 0 Å². The Kier molecular flexibility index (Phi) is 13.3. The number of carbonyl (C=O) groups is 2. The summed E-state index contributed by atoms with van der Waals surface area (Å²) >= 11 is 0. The van der Waals surface area contributed by atoms with Gasteiger partial charge in [-0.15, -0.1) is 0 Å². The smallest absolute Gasteiger partial charge is 0.236 e. The maximum Gasteiger partial charge on any atom is 0.236 e. The molecule has 0 aromatic carbocycles. The lowest BCUT2D eigenvalue weighted by atomic mass is 10.1. The van der Waals surface area contributed by atoms with Crippen LogP contribution in [-0.2, 0) is 19.1 Å². The van der Waals surface area contributed by atoms with E-state index in [1.165, 1.54) is 6.92 Å². The van der Waals surface area contributed by atoms with Gasteiger partial charge in [-0.3, -0.25) is 9.59 Å². The van der Waals surface area contributed by atoms with Crippen LogP contribution in [0, 0.1) is 0 Å². The van der Waals surface area contributed by atoms with E-state index in [9.17, 15) is 9.59 Å². The zero-order valence-electron chi connectivity index (χ0n) is 13.2. The van der Waals surface area contributed by atoms with Gasteiger partial charge in [0.05, 0.1) is 25.9 Å². The average Bonchev–Trinajstić information content (AvgIpc) is 2.45. The van der Waals surface area contributed by atoms with E-state index in [1.54, 1.807) is 0 Å². The highest BCUT2D eigenvalue weighted by molar-refractivity contribution is 5.81. The number of rotatable bonds is 14. The first-order valence-electron chi connectivity index (χ1n) is 7.40. The van der Waals surface area contributed by atoms with E-state index in [0.717, 1.165) is 19.4 Å². The number of ether oxygens (including phenoxy) is 2. The number of amides is 1. The third-order valence-corrected chi connectivity index (χ3v) is 2.75. The minimum absolute atomic E-state index is 0.00836. The van der Waals surface area contributed by atoms with Crippen LogP contribution in [0.5, 0.6) is 0 Å². The van der Waals surface area contributed by atoms with Gasteiger partial charge in [-0.1, -0.05) is 6.42 Å². The summed E-state index contributed by atoms with van der Waals surface area (Å²) in [5, 5.41) is 5.79. The van der Waals surface area contributed by atoms with Gasteiger partial charge in [0, 0.05) is 6.54 Å². The number of nitrogens with two attached hydrogens (primary N) is 1. The Morgan fingerprint density at radius 3 is 2.48 bits per heavy atom. The minimum Gasteiger partial charge on any atom is -0.377 e. The molecule has 4 N–H and O–H groups in total. The third-order valence-electron chi connectivity index (χ3n) is 2.75. The normalized spacial score (nSPS) is 12.1. The molecule has 0 bridgehead atoms. The van der Waals surface area contributed by atoms with Crippen molar-refractivity contribution in [2.24, 2.45) is 5.73 Å². The van der Waals surface area contributed by atoms with Crippen molar-refractivity contribution in [3.8, 4) is 0 Å². The second-order valence-corrected chi connectivity index (χ2v) is 4.86. The molecule has 0 aromatic heterocycles. The van der Waals surface area contributed by atoms with Gasteiger partial charge in [-0.05, 0) is 33.4 Å². The molecule has 1 amide bonds. The van der Waals surface area contributed by atoms with Crippen LogP contribution in [-0.4, -0.2) is 64.3 Å². The molecule has 7 heteroatoms. The fourth-order valence-electron chi connectivity index (χ4n) is 1.61. The Bertz CT molecular complexity index is 287. The number of ketones is 1. The van der Waals surface area contributed by atoms with Crippen LogP contribution in [0.25, 0.3) is 0 Å². The van der Waals surface area contributed by atoms with E-state index in [-0.39, 0.29) is 18.3 Å². The number of unbranched alkanes of at least 4 members (excludes halogenated alkanes) is 1. The first-order chi connectivity index (χ1) is 10.1. The largest absolute Gasteiger partial charge is 0.377 e. The number of Topliss-reactive ketones (excluding diaryl/α,β-unsaturated/α-hetero) is 1. The van der Waals surface area contributed by atoms with Crippen LogP contribution >= 0.6 is 0 Å². The maximum absolute atomic E-state index is 11.6. The zero-order chi connectivity index (χ0) is 15.9. The Hall–Kier alpha value is -1.02. The molecule has 0 heterocycles. The highest BCUT2D eigenvalue weighted by atomic mass is 16.5. The van der Waals surface area contributed by atoms with Crippen molar-refractivity contribution in [2.75, 3.05) is 46.6 Å². The van der Waals surface area contributed by atoms with Gasteiger partial charge < -0.3 is 25.8 Å². The number of hydrogen-bond acceptors (Lipinski definition) is 6. The van der Waals surface area contributed by atoms with Crippen molar-refractivity contribution < 1.29 is 19.1 Å². The minimum atomic E-state index is -0.458. The van der Waals surface area contributed by atoms with Crippen molar-refractivity contribution in [1.29, 1.82) is 0 Å². The fraction of sp³-hybridized carbons (Fsp3) is 0.857.